The fraction of sp³-hybridized carbons (Fsp3) is 0.417. The van der Waals surface area contributed by atoms with E-state index in [1.807, 2.05) is 6.07 Å². The highest BCUT2D eigenvalue weighted by molar-refractivity contribution is 6.31. The lowest BCUT2D eigenvalue weighted by atomic mass is 10.1. The molecule has 1 saturated heterocycles. The van der Waals surface area contributed by atoms with Gasteiger partial charge in [0.25, 0.3) is 0 Å². The van der Waals surface area contributed by atoms with Gasteiger partial charge in [-0.2, -0.15) is 0 Å². The maximum absolute atomic E-state index is 10.9. The largest absolute Gasteiger partial charge is 0.370 e. The highest BCUT2D eigenvalue weighted by Crippen LogP contribution is 2.46. The summed E-state index contributed by atoms with van der Waals surface area (Å²) in [5.41, 5.74) is 1.76. The Morgan fingerprint density at radius 3 is 2.73 bits per heavy atom. The predicted molar refractivity (Wildman–Crippen MR) is 60.6 cm³/mol. The molecule has 2 aliphatic rings. The van der Waals surface area contributed by atoms with Gasteiger partial charge in [0.15, 0.2) is 6.29 Å². The van der Waals surface area contributed by atoms with Crippen LogP contribution in [0.3, 0.4) is 0 Å². The van der Waals surface area contributed by atoms with Gasteiger partial charge in [-0.1, -0.05) is 11.6 Å². The molecule has 15 heavy (non-hydrogen) atoms. The lowest BCUT2D eigenvalue weighted by molar-refractivity contribution is 0.112. The number of nitrogens with zero attached hydrogens (tertiary/aromatic N) is 1. The second-order valence-electron chi connectivity index (χ2n) is 4.48. The number of carbonyl (C=O) groups excluding carboxylic acids is 1. The van der Waals surface area contributed by atoms with Gasteiger partial charge in [0.05, 0.1) is 0 Å². The molecule has 3 heteroatoms. The number of piperidine rings is 1. The summed E-state index contributed by atoms with van der Waals surface area (Å²) >= 11 is 5.96. The number of anilines is 1. The Balaban J connectivity index is 1.95. The van der Waals surface area contributed by atoms with Gasteiger partial charge in [-0.3, -0.25) is 4.79 Å². The van der Waals surface area contributed by atoms with Crippen LogP contribution in [0.25, 0.3) is 0 Å². The summed E-state index contributed by atoms with van der Waals surface area (Å²) in [6.07, 6.45) is 2.28. The van der Waals surface area contributed by atoms with Crippen molar-refractivity contribution < 1.29 is 4.79 Å². The molecule has 1 heterocycles. The van der Waals surface area contributed by atoms with Crippen LogP contribution in [0.15, 0.2) is 18.2 Å². The lowest BCUT2D eigenvalue weighted by Gasteiger charge is -2.22. The van der Waals surface area contributed by atoms with E-state index in [0.29, 0.717) is 5.02 Å². The third-order valence-corrected chi connectivity index (χ3v) is 3.67. The average Bonchev–Trinajstić information content (AvgIpc) is 2.86. The van der Waals surface area contributed by atoms with E-state index in [0.717, 1.165) is 42.5 Å². The van der Waals surface area contributed by atoms with Crippen molar-refractivity contribution in [2.24, 2.45) is 11.8 Å². The predicted octanol–water partition coefficient (Wildman–Crippen LogP) is 2.61. The Morgan fingerprint density at radius 2 is 2.07 bits per heavy atom. The first-order valence-electron chi connectivity index (χ1n) is 5.27. The van der Waals surface area contributed by atoms with Gasteiger partial charge in [-0.05, 0) is 36.5 Å². The molecule has 3 rings (SSSR count). The van der Waals surface area contributed by atoms with E-state index in [1.54, 1.807) is 12.1 Å². The van der Waals surface area contributed by atoms with Crippen molar-refractivity contribution >= 4 is 23.6 Å². The summed E-state index contributed by atoms with van der Waals surface area (Å²) in [4.78, 5) is 13.2. The van der Waals surface area contributed by atoms with Crippen molar-refractivity contribution in [3.05, 3.63) is 28.8 Å². The normalized spacial score (nSPS) is 27.7. The number of hydrogen-bond acceptors (Lipinski definition) is 2. The van der Waals surface area contributed by atoms with Crippen LogP contribution in [-0.2, 0) is 0 Å². The van der Waals surface area contributed by atoms with Crippen LogP contribution < -0.4 is 4.90 Å². The maximum Gasteiger partial charge on any atom is 0.152 e. The second kappa shape index (κ2) is 3.24. The molecule has 1 aromatic rings. The Bertz CT molecular complexity index is 408. The number of benzene rings is 1. The molecule has 2 fully saturated rings. The van der Waals surface area contributed by atoms with Gasteiger partial charge in [0, 0.05) is 29.4 Å². The van der Waals surface area contributed by atoms with Crippen LogP contribution in [0.1, 0.15) is 16.8 Å². The van der Waals surface area contributed by atoms with E-state index < -0.39 is 0 Å². The summed E-state index contributed by atoms with van der Waals surface area (Å²) in [7, 11) is 0. The average molecular weight is 222 g/mol. The van der Waals surface area contributed by atoms with Crippen molar-refractivity contribution in [3.63, 3.8) is 0 Å². The van der Waals surface area contributed by atoms with Crippen LogP contribution in [0.2, 0.25) is 5.02 Å². The lowest BCUT2D eigenvalue weighted by Crippen LogP contribution is -2.22. The summed E-state index contributed by atoms with van der Waals surface area (Å²) in [5.74, 6) is 1.73. The van der Waals surface area contributed by atoms with Crippen LogP contribution in [-0.4, -0.2) is 19.4 Å². The Hall–Kier alpha value is -1.02. The number of halogens is 1. The summed E-state index contributed by atoms with van der Waals surface area (Å²) in [6.45, 7) is 2.18. The molecule has 2 nitrogen and oxygen atoms in total. The van der Waals surface area contributed by atoms with E-state index >= 15 is 0 Å². The fourth-order valence-electron chi connectivity index (χ4n) is 2.49. The molecule has 0 amide bonds. The van der Waals surface area contributed by atoms with Crippen molar-refractivity contribution in [2.75, 3.05) is 18.0 Å². The maximum atomic E-state index is 10.9. The van der Waals surface area contributed by atoms with Gasteiger partial charge < -0.3 is 4.90 Å². The van der Waals surface area contributed by atoms with Crippen molar-refractivity contribution in [3.8, 4) is 0 Å². The zero-order valence-electron chi connectivity index (χ0n) is 8.32. The van der Waals surface area contributed by atoms with Crippen LogP contribution in [0.4, 0.5) is 5.69 Å². The van der Waals surface area contributed by atoms with Gasteiger partial charge in [0.2, 0.25) is 0 Å². The molecule has 0 N–H and O–H groups in total. The fourth-order valence-corrected chi connectivity index (χ4v) is 2.65. The van der Waals surface area contributed by atoms with E-state index in [2.05, 4.69) is 4.90 Å². The minimum absolute atomic E-state index is 0.705. The van der Waals surface area contributed by atoms with Crippen molar-refractivity contribution in [1.82, 2.24) is 0 Å². The molecule has 1 aromatic carbocycles. The van der Waals surface area contributed by atoms with Crippen molar-refractivity contribution in [2.45, 2.75) is 6.42 Å². The highest BCUT2D eigenvalue weighted by Gasteiger charge is 2.45. The zero-order chi connectivity index (χ0) is 10.4. The number of hydrogen-bond donors (Lipinski definition) is 0. The first kappa shape index (κ1) is 9.22. The molecular weight excluding hydrogens is 210 g/mol. The smallest absolute Gasteiger partial charge is 0.152 e. The SMILES string of the molecule is O=Cc1ccc(Cl)cc1N1CC2CC2C1. The van der Waals surface area contributed by atoms with E-state index in [4.69, 9.17) is 11.6 Å². The van der Waals surface area contributed by atoms with Gasteiger partial charge >= 0.3 is 0 Å². The number of rotatable bonds is 2. The molecule has 2 unspecified atom stereocenters. The number of carbonyl (C=O) groups is 1. The van der Waals surface area contributed by atoms with E-state index in [1.165, 1.54) is 6.42 Å². The first-order chi connectivity index (χ1) is 7.28. The Labute approximate surface area is 93.8 Å². The molecule has 0 bridgehead atoms. The molecule has 0 radical (unpaired) electrons. The zero-order valence-corrected chi connectivity index (χ0v) is 9.07. The van der Waals surface area contributed by atoms with E-state index in [-0.39, 0.29) is 0 Å². The number of fused-ring (bicyclic) bond motifs is 1. The standard InChI is InChI=1S/C12H12ClNO/c13-11-2-1-8(7-15)12(4-11)14-5-9-3-10(9)6-14/h1-2,4,7,9-10H,3,5-6H2. The summed E-state index contributed by atoms with van der Waals surface area (Å²) in [6, 6.07) is 5.47. The third-order valence-electron chi connectivity index (χ3n) is 3.44. The van der Waals surface area contributed by atoms with Crippen LogP contribution >= 0.6 is 11.6 Å². The number of aldehydes is 1. The molecule has 2 atom stereocenters. The third kappa shape index (κ3) is 1.53. The van der Waals surface area contributed by atoms with Crippen LogP contribution in [0, 0.1) is 11.8 Å². The van der Waals surface area contributed by atoms with Gasteiger partial charge in [0.1, 0.15) is 0 Å². The van der Waals surface area contributed by atoms with E-state index in [9.17, 15) is 4.79 Å². The van der Waals surface area contributed by atoms with Crippen molar-refractivity contribution in [1.29, 1.82) is 0 Å². The summed E-state index contributed by atoms with van der Waals surface area (Å²) in [5, 5.41) is 0.705. The van der Waals surface area contributed by atoms with Crippen LogP contribution in [0.5, 0.6) is 0 Å². The van der Waals surface area contributed by atoms with Gasteiger partial charge in [-0.25, -0.2) is 0 Å². The topological polar surface area (TPSA) is 20.3 Å². The Kier molecular flexibility index (Phi) is 1.99. The first-order valence-corrected chi connectivity index (χ1v) is 5.65. The second-order valence-corrected chi connectivity index (χ2v) is 4.92. The molecule has 0 aromatic heterocycles. The molecule has 1 aliphatic heterocycles. The Morgan fingerprint density at radius 1 is 1.33 bits per heavy atom. The molecule has 1 saturated carbocycles. The van der Waals surface area contributed by atoms with Gasteiger partial charge in [-0.15, -0.1) is 0 Å². The minimum atomic E-state index is 0.705. The quantitative estimate of drug-likeness (QED) is 0.716. The molecule has 1 aliphatic carbocycles. The monoisotopic (exact) mass is 221 g/mol. The highest BCUT2D eigenvalue weighted by atomic mass is 35.5. The molecule has 78 valence electrons. The molecule has 0 spiro atoms. The minimum Gasteiger partial charge on any atom is -0.370 e. The molecular formula is C12H12ClNO. The summed E-state index contributed by atoms with van der Waals surface area (Å²) < 4.78 is 0.